The summed E-state index contributed by atoms with van der Waals surface area (Å²) in [6.07, 6.45) is 1.00. The van der Waals surface area contributed by atoms with E-state index in [0.29, 0.717) is 4.88 Å². The van der Waals surface area contributed by atoms with Crippen molar-refractivity contribution in [3.63, 3.8) is 0 Å². The van der Waals surface area contributed by atoms with Crippen molar-refractivity contribution < 1.29 is 10.0 Å². The van der Waals surface area contributed by atoms with E-state index in [9.17, 15) is 4.79 Å². The van der Waals surface area contributed by atoms with Crippen molar-refractivity contribution in [3.8, 4) is 0 Å². The van der Waals surface area contributed by atoms with Crippen molar-refractivity contribution in [2.75, 3.05) is 6.54 Å². The topological polar surface area (TPSA) is 61.4 Å². The van der Waals surface area contributed by atoms with Gasteiger partial charge in [0.05, 0.1) is 4.88 Å². The first-order valence-electron chi connectivity index (χ1n) is 7.48. The van der Waals surface area contributed by atoms with E-state index < -0.39 is 5.91 Å². The molecule has 5 heteroatoms. The highest BCUT2D eigenvalue weighted by Gasteiger charge is 2.09. The second kappa shape index (κ2) is 7.37. The van der Waals surface area contributed by atoms with Gasteiger partial charge in [0, 0.05) is 11.2 Å². The van der Waals surface area contributed by atoms with Crippen molar-refractivity contribution in [3.05, 3.63) is 70.6 Å². The maximum absolute atomic E-state index is 11.5. The number of hydrogen-bond donors (Lipinski definition) is 3. The molecule has 0 fully saturated rings. The molecular formula is C18H18N2O2S. The largest absolute Gasteiger partial charge is 0.312 e. The number of hydroxylamine groups is 1. The molecule has 23 heavy (non-hydrogen) atoms. The van der Waals surface area contributed by atoms with Gasteiger partial charge in [0.2, 0.25) is 0 Å². The summed E-state index contributed by atoms with van der Waals surface area (Å²) in [5, 5.41) is 13.2. The molecule has 0 saturated carbocycles. The minimum Gasteiger partial charge on any atom is -0.312 e. The van der Waals surface area contributed by atoms with Crippen LogP contribution in [0.25, 0.3) is 10.1 Å². The number of nitrogens with one attached hydrogen (secondary N) is 2. The van der Waals surface area contributed by atoms with Gasteiger partial charge in [0.15, 0.2) is 0 Å². The van der Waals surface area contributed by atoms with Gasteiger partial charge in [-0.25, -0.2) is 5.48 Å². The van der Waals surface area contributed by atoms with Crippen LogP contribution in [0.4, 0.5) is 0 Å². The molecule has 1 heterocycles. The Bertz CT molecular complexity index is 799. The molecule has 0 unspecified atom stereocenters. The quantitative estimate of drug-likeness (QED) is 0.370. The Hall–Kier alpha value is -2.21. The minimum atomic E-state index is -0.464. The van der Waals surface area contributed by atoms with E-state index in [2.05, 4.69) is 41.7 Å². The van der Waals surface area contributed by atoms with Crippen LogP contribution in [-0.2, 0) is 13.0 Å². The molecule has 0 aliphatic rings. The van der Waals surface area contributed by atoms with E-state index in [4.69, 9.17) is 5.21 Å². The molecule has 0 radical (unpaired) electrons. The van der Waals surface area contributed by atoms with Gasteiger partial charge in [-0.05, 0) is 47.7 Å². The third-order valence-corrected chi connectivity index (χ3v) is 4.78. The maximum atomic E-state index is 11.5. The summed E-state index contributed by atoms with van der Waals surface area (Å²) in [5.41, 5.74) is 4.18. The number of benzene rings is 2. The lowest BCUT2D eigenvalue weighted by Gasteiger charge is -2.05. The first-order chi connectivity index (χ1) is 11.3. The van der Waals surface area contributed by atoms with Crippen molar-refractivity contribution >= 4 is 27.3 Å². The third kappa shape index (κ3) is 3.96. The van der Waals surface area contributed by atoms with Crippen LogP contribution in [0.3, 0.4) is 0 Å². The second-order valence-corrected chi connectivity index (χ2v) is 6.42. The fraction of sp³-hybridized carbons (Fsp3) is 0.167. The summed E-state index contributed by atoms with van der Waals surface area (Å²) in [6, 6.07) is 18.4. The Labute approximate surface area is 138 Å². The van der Waals surface area contributed by atoms with E-state index in [0.717, 1.165) is 29.6 Å². The van der Waals surface area contributed by atoms with Gasteiger partial charge in [0.1, 0.15) is 0 Å². The normalized spacial score (nSPS) is 10.8. The first kappa shape index (κ1) is 15.7. The van der Waals surface area contributed by atoms with Crippen LogP contribution < -0.4 is 10.8 Å². The van der Waals surface area contributed by atoms with Gasteiger partial charge in [-0.15, -0.1) is 11.3 Å². The van der Waals surface area contributed by atoms with Crippen LogP contribution >= 0.6 is 11.3 Å². The zero-order chi connectivity index (χ0) is 16.1. The highest BCUT2D eigenvalue weighted by molar-refractivity contribution is 7.20. The number of carbonyl (C=O) groups is 1. The number of thiophene rings is 1. The van der Waals surface area contributed by atoms with Gasteiger partial charge in [-0.3, -0.25) is 10.0 Å². The predicted octanol–water partition coefficient (Wildman–Crippen LogP) is 3.35. The Balaban J connectivity index is 1.59. The molecule has 0 bridgehead atoms. The molecule has 0 spiro atoms. The second-order valence-electron chi connectivity index (χ2n) is 5.34. The van der Waals surface area contributed by atoms with Crippen molar-refractivity contribution in [2.24, 2.45) is 0 Å². The lowest BCUT2D eigenvalue weighted by molar-refractivity contribution is 0.0711. The summed E-state index contributed by atoms with van der Waals surface area (Å²) in [6.45, 7) is 1.71. The van der Waals surface area contributed by atoms with E-state index >= 15 is 0 Å². The average Bonchev–Trinajstić information content (AvgIpc) is 3.02. The summed E-state index contributed by atoms with van der Waals surface area (Å²) < 4.78 is 1.04. The third-order valence-electron chi connectivity index (χ3n) is 3.67. The summed E-state index contributed by atoms with van der Waals surface area (Å²) in [4.78, 5) is 12.0. The number of rotatable bonds is 6. The molecule has 1 aromatic heterocycles. The zero-order valence-corrected chi connectivity index (χ0v) is 13.4. The smallest absolute Gasteiger partial charge is 0.284 e. The number of carbonyl (C=O) groups excluding carboxylic acids is 1. The molecule has 0 aliphatic carbocycles. The molecule has 118 valence electrons. The Kier molecular flexibility index (Phi) is 5.02. The fourth-order valence-electron chi connectivity index (χ4n) is 2.48. The van der Waals surface area contributed by atoms with Gasteiger partial charge in [-0.1, -0.05) is 36.4 Å². The predicted molar refractivity (Wildman–Crippen MR) is 92.9 cm³/mol. The van der Waals surface area contributed by atoms with Crippen molar-refractivity contribution in [2.45, 2.75) is 13.0 Å². The van der Waals surface area contributed by atoms with Crippen LogP contribution in [0, 0.1) is 0 Å². The molecule has 0 aliphatic heterocycles. The first-order valence-corrected chi connectivity index (χ1v) is 8.29. The van der Waals surface area contributed by atoms with Gasteiger partial charge < -0.3 is 5.32 Å². The van der Waals surface area contributed by atoms with Gasteiger partial charge in [0.25, 0.3) is 5.91 Å². The Morgan fingerprint density at radius 3 is 2.65 bits per heavy atom. The number of fused-ring (bicyclic) bond motifs is 1. The molecule has 0 atom stereocenters. The van der Waals surface area contributed by atoms with Gasteiger partial charge >= 0.3 is 0 Å². The maximum Gasteiger partial charge on any atom is 0.284 e. The van der Waals surface area contributed by atoms with Crippen LogP contribution in [0.5, 0.6) is 0 Å². The van der Waals surface area contributed by atoms with E-state index in [1.807, 2.05) is 12.1 Å². The lowest BCUT2D eigenvalue weighted by Crippen LogP contribution is -2.16. The van der Waals surface area contributed by atoms with Crippen LogP contribution in [0.2, 0.25) is 0 Å². The Morgan fingerprint density at radius 1 is 1.04 bits per heavy atom. The van der Waals surface area contributed by atoms with Crippen LogP contribution in [0.1, 0.15) is 20.8 Å². The summed E-state index contributed by atoms with van der Waals surface area (Å²) >= 11 is 1.37. The monoisotopic (exact) mass is 326 g/mol. The fourth-order valence-corrected chi connectivity index (χ4v) is 3.41. The minimum absolute atomic E-state index is 0.464. The molecule has 4 nitrogen and oxygen atoms in total. The summed E-state index contributed by atoms with van der Waals surface area (Å²) in [5.74, 6) is -0.464. The van der Waals surface area contributed by atoms with Crippen LogP contribution in [0.15, 0.2) is 54.6 Å². The molecule has 0 saturated heterocycles. The molecular weight excluding hydrogens is 308 g/mol. The molecule has 2 aromatic carbocycles. The molecule has 3 aromatic rings. The highest BCUT2D eigenvalue weighted by Crippen LogP contribution is 2.26. The Morgan fingerprint density at radius 2 is 1.87 bits per heavy atom. The number of amides is 1. The lowest BCUT2D eigenvalue weighted by atomic mass is 10.1. The summed E-state index contributed by atoms with van der Waals surface area (Å²) in [7, 11) is 0. The number of hydrogen-bond acceptors (Lipinski definition) is 4. The standard InChI is InChI=1S/C18H18N2O2S/c21-18(20-22)17-11-15-10-14(6-7-16(15)23-17)12-19-9-8-13-4-2-1-3-5-13/h1-7,10-11,19,22H,8-9,12H2,(H,20,21). The highest BCUT2D eigenvalue weighted by atomic mass is 32.1. The van der Waals surface area contributed by atoms with Gasteiger partial charge in [-0.2, -0.15) is 0 Å². The van der Waals surface area contributed by atoms with Crippen molar-refractivity contribution in [1.29, 1.82) is 0 Å². The zero-order valence-electron chi connectivity index (χ0n) is 12.6. The van der Waals surface area contributed by atoms with Crippen LogP contribution in [-0.4, -0.2) is 17.7 Å². The SMILES string of the molecule is O=C(NO)c1cc2cc(CNCCc3ccccc3)ccc2s1. The van der Waals surface area contributed by atoms with E-state index in [-0.39, 0.29) is 0 Å². The average molecular weight is 326 g/mol. The van der Waals surface area contributed by atoms with E-state index in [1.165, 1.54) is 22.5 Å². The molecule has 1 amide bonds. The van der Waals surface area contributed by atoms with Crippen molar-refractivity contribution in [1.82, 2.24) is 10.8 Å². The molecule has 3 rings (SSSR count). The van der Waals surface area contributed by atoms with E-state index in [1.54, 1.807) is 11.5 Å². The molecule has 3 N–H and O–H groups in total.